The maximum absolute atomic E-state index is 12.7. The summed E-state index contributed by atoms with van der Waals surface area (Å²) in [7, 11) is 1.90. The molecule has 1 amide bonds. The molecule has 1 saturated heterocycles. The Morgan fingerprint density at radius 2 is 2.00 bits per heavy atom. The Labute approximate surface area is 178 Å². The maximum Gasteiger partial charge on any atom is 0.233 e. The minimum absolute atomic E-state index is 0.116. The van der Waals surface area contributed by atoms with Crippen molar-refractivity contribution < 1.29 is 9.21 Å². The van der Waals surface area contributed by atoms with Crippen LogP contribution in [0, 0.1) is 6.92 Å². The van der Waals surface area contributed by atoms with Gasteiger partial charge in [-0.05, 0) is 31.2 Å². The molecular formula is C20H22ClN5O2S. The first kappa shape index (κ1) is 19.8. The zero-order valence-electron chi connectivity index (χ0n) is 16.3. The summed E-state index contributed by atoms with van der Waals surface area (Å²) in [4.78, 5) is 16.8. The van der Waals surface area contributed by atoms with Crippen LogP contribution in [0.15, 0.2) is 46.2 Å². The van der Waals surface area contributed by atoms with Crippen LogP contribution in [0.4, 0.5) is 5.69 Å². The van der Waals surface area contributed by atoms with Gasteiger partial charge in [-0.15, -0.1) is 10.2 Å². The van der Waals surface area contributed by atoms with Gasteiger partial charge in [0.1, 0.15) is 5.76 Å². The predicted octanol–water partition coefficient (Wildman–Crippen LogP) is 3.48. The van der Waals surface area contributed by atoms with Crippen molar-refractivity contribution in [2.24, 2.45) is 7.05 Å². The second-order valence-electron chi connectivity index (χ2n) is 6.89. The van der Waals surface area contributed by atoms with Crippen molar-refractivity contribution in [1.82, 2.24) is 19.7 Å². The summed E-state index contributed by atoms with van der Waals surface area (Å²) in [5.74, 6) is 1.99. The average molecular weight is 432 g/mol. The Hall–Kier alpha value is -2.45. The van der Waals surface area contributed by atoms with E-state index >= 15 is 0 Å². The van der Waals surface area contributed by atoms with Gasteiger partial charge in [0.25, 0.3) is 0 Å². The lowest BCUT2D eigenvalue weighted by Gasteiger charge is -2.36. The number of halogens is 1. The molecule has 0 N–H and O–H groups in total. The fourth-order valence-electron chi connectivity index (χ4n) is 3.40. The first-order chi connectivity index (χ1) is 14.0. The van der Waals surface area contributed by atoms with Crippen molar-refractivity contribution in [2.45, 2.75) is 12.1 Å². The van der Waals surface area contributed by atoms with Crippen LogP contribution in [0.3, 0.4) is 0 Å². The Balaban J connectivity index is 1.32. The van der Waals surface area contributed by atoms with Crippen LogP contribution in [-0.2, 0) is 11.8 Å². The highest BCUT2D eigenvalue weighted by Gasteiger charge is 2.22. The number of thioether (sulfide) groups is 1. The zero-order valence-corrected chi connectivity index (χ0v) is 17.9. The van der Waals surface area contributed by atoms with E-state index in [9.17, 15) is 4.79 Å². The lowest BCUT2D eigenvalue weighted by atomic mass is 10.2. The molecule has 152 valence electrons. The number of hydrogen-bond donors (Lipinski definition) is 0. The van der Waals surface area contributed by atoms with Crippen molar-refractivity contribution in [2.75, 3.05) is 36.8 Å². The highest BCUT2D eigenvalue weighted by molar-refractivity contribution is 7.99. The predicted molar refractivity (Wildman–Crippen MR) is 114 cm³/mol. The van der Waals surface area contributed by atoms with Crippen LogP contribution in [0.5, 0.6) is 0 Å². The van der Waals surface area contributed by atoms with Gasteiger partial charge in [0.15, 0.2) is 11.0 Å². The van der Waals surface area contributed by atoms with Gasteiger partial charge in [-0.25, -0.2) is 0 Å². The molecule has 0 bridgehead atoms. The summed E-state index contributed by atoms with van der Waals surface area (Å²) in [6.07, 6.45) is 1.64. The van der Waals surface area contributed by atoms with Gasteiger partial charge < -0.3 is 18.8 Å². The third-order valence-corrected chi connectivity index (χ3v) is 6.31. The first-order valence-corrected chi connectivity index (χ1v) is 10.7. The highest BCUT2D eigenvalue weighted by Crippen LogP contribution is 2.26. The van der Waals surface area contributed by atoms with Crippen molar-refractivity contribution in [3.8, 4) is 11.4 Å². The van der Waals surface area contributed by atoms with E-state index in [0.717, 1.165) is 40.9 Å². The molecule has 3 aromatic rings. The lowest BCUT2D eigenvalue weighted by Crippen LogP contribution is -2.49. The molecule has 0 saturated carbocycles. The normalized spacial score (nSPS) is 14.4. The molecular weight excluding hydrogens is 410 g/mol. The van der Waals surface area contributed by atoms with Gasteiger partial charge in [0, 0.05) is 43.9 Å². The SMILES string of the molecule is Cc1occc1-c1nnc(SCC(=O)N2CCN(c3cccc(Cl)c3)CC2)n1C. The molecule has 0 radical (unpaired) electrons. The van der Waals surface area contributed by atoms with Gasteiger partial charge >= 0.3 is 0 Å². The largest absolute Gasteiger partial charge is 0.469 e. The molecule has 29 heavy (non-hydrogen) atoms. The summed E-state index contributed by atoms with van der Waals surface area (Å²) in [6, 6.07) is 9.70. The highest BCUT2D eigenvalue weighted by atomic mass is 35.5. The molecule has 9 heteroatoms. The average Bonchev–Trinajstić information content (AvgIpc) is 3.31. The quantitative estimate of drug-likeness (QED) is 0.576. The van der Waals surface area contributed by atoms with Crippen molar-refractivity contribution in [3.63, 3.8) is 0 Å². The van der Waals surface area contributed by atoms with Gasteiger partial charge in [-0.1, -0.05) is 29.4 Å². The minimum atomic E-state index is 0.116. The number of aromatic nitrogens is 3. The number of piperazine rings is 1. The van der Waals surface area contributed by atoms with E-state index in [1.807, 2.05) is 53.8 Å². The van der Waals surface area contributed by atoms with Crippen LogP contribution >= 0.6 is 23.4 Å². The number of carbonyl (C=O) groups is 1. The summed E-state index contributed by atoms with van der Waals surface area (Å²) < 4.78 is 7.24. The molecule has 0 spiro atoms. The topological polar surface area (TPSA) is 67.4 Å². The standard InChI is InChI=1S/C20H22ClN5O2S/c1-14-17(6-11-28-14)19-22-23-20(24(19)2)29-13-18(27)26-9-7-25(8-10-26)16-5-3-4-15(21)12-16/h3-6,11-12H,7-10,13H2,1-2H3. The molecule has 1 aliphatic heterocycles. The van der Waals surface area contributed by atoms with Crippen LogP contribution in [0.1, 0.15) is 5.76 Å². The number of benzene rings is 1. The first-order valence-electron chi connectivity index (χ1n) is 9.38. The number of carbonyl (C=O) groups excluding carboxylic acids is 1. The number of rotatable bonds is 5. The molecule has 3 heterocycles. The molecule has 0 unspecified atom stereocenters. The van der Waals surface area contributed by atoms with E-state index in [1.165, 1.54) is 11.8 Å². The van der Waals surface area contributed by atoms with Crippen molar-refractivity contribution in [1.29, 1.82) is 0 Å². The molecule has 2 aromatic heterocycles. The van der Waals surface area contributed by atoms with Crippen LogP contribution in [0.2, 0.25) is 5.02 Å². The number of amides is 1. The molecule has 7 nitrogen and oxygen atoms in total. The second kappa shape index (κ2) is 8.51. The van der Waals surface area contributed by atoms with E-state index in [1.54, 1.807) is 6.26 Å². The Morgan fingerprint density at radius 1 is 1.21 bits per heavy atom. The van der Waals surface area contributed by atoms with Crippen LogP contribution in [-0.4, -0.2) is 57.5 Å². The van der Waals surface area contributed by atoms with Gasteiger partial charge in [-0.3, -0.25) is 4.79 Å². The fraction of sp³-hybridized carbons (Fsp3) is 0.350. The fourth-order valence-corrected chi connectivity index (χ4v) is 4.39. The number of nitrogens with zero attached hydrogens (tertiary/aromatic N) is 5. The van der Waals surface area contributed by atoms with Crippen molar-refractivity contribution >= 4 is 35.0 Å². The number of furan rings is 1. The van der Waals surface area contributed by atoms with E-state index in [0.29, 0.717) is 24.0 Å². The summed E-state index contributed by atoms with van der Waals surface area (Å²) in [6.45, 7) is 4.88. The number of hydrogen-bond acceptors (Lipinski definition) is 6. The Morgan fingerprint density at radius 3 is 2.69 bits per heavy atom. The molecule has 0 atom stereocenters. The molecule has 0 aliphatic carbocycles. The van der Waals surface area contributed by atoms with E-state index in [-0.39, 0.29) is 5.91 Å². The van der Waals surface area contributed by atoms with Crippen LogP contribution in [0.25, 0.3) is 11.4 Å². The molecule has 1 fully saturated rings. The molecule has 1 aromatic carbocycles. The summed E-state index contributed by atoms with van der Waals surface area (Å²) in [5, 5.41) is 9.92. The molecule has 4 rings (SSSR count). The smallest absolute Gasteiger partial charge is 0.233 e. The molecule has 1 aliphatic rings. The lowest BCUT2D eigenvalue weighted by molar-refractivity contribution is -0.128. The summed E-state index contributed by atoms with van der Waals surface area (Å²) in [5.41, 5.74) is 2.01. The minimum Gasteiger partial charge on any atom is -0.469 e. The van der Waals surface area contributed by atoms with E-state index < -0.39 is 0 Å². The third-order valence-electron chi connectivity index (χ3n) is 5.07. The van der Waals surface area contributed by atoms with Gasteiger partial charge in [-0.2, -0.15) is 0 Å². The Bertz CT molecular complexity index is 1010. The monoisotopic (exact) mass is 431 g/mol. The van der Waals surface area contributed by atoms with Crippen LogP contribution < -0.4 is 4.90 Å². The van der Waals surface area contributed by atoms with Gasteiger partial charge in [0.05, 0.1) is 17.6 Å². The third kappa shape index (κ3) is 4.28. The van der Waals surface area contributed by atoms with E-state index in [4.69, 9.17) is 16.0 Å². The Kier molecular flexibility index (Phi) is 5.82. The zero-order chi connectivity index (χ0) is 20.4. The number of aryl methyl sites for hydroxylation is 1. The second-order valence-corrected chi connectivity index (χ2v) is 8.27. The van der Waals surface area contributed by atoms with E-state index in [2.05, 4.69) is 15.1 Å². The van der Waals surface area contributed by atoms with Gasteiger partial charge in [0.2, 0.25) is 5.91 Å². The summed E-state index contributed by atoms with van der Waals surface area (Å²) >= 11 is 7.49. The number of anilines is 1. The maximum atomic E-state index is 12.7. The van der Waals surface area contributed by atoms with Crippen molar-refractivity contribution in [3.05, 3.63) is 47.4 Å².